The van der Waals surface area contributed by atoms with Crippen LogP contribution in [0.3, 0.4) is 0 Å². The lowest BCUT2D eigenvalue weighted by Gasteiger charge is -2.14. The summed E-state index contributed by atoms with van der Waals surface area (Å²) >= 11 is 0. The summed E-state index contributed by atoms with van der Waals surface area (Å²) in [6.07, 6.45) is 7.63. The van der Waals surface area contributed by atoms with Gasteiger partial charge in [0.15, 0.2) is 0 Å². The molecule has 0 aromatic heterocycles. The molecule has 1 fully saturated rings. The Morgan fingerprint density at radius 3 is 2.80 bits per heavy atom. The zero-order valence-corrected chi connectivity index (χ0v) is 9.09. The van der Waals surface area contributed by atoms with Crippen molar-refractivity contribution >= 4 is 5.91 Å². The first-order chi connectivity index (χ1) is 7.33. The van der Waals surface area contributed by atoms with Crippen molar-refractivity contribution in [1.29, 1.82) is 0 Å². The van der Waals surface area contributed by atoms with Crippen molar-refractivity contribution in [2.45, 2.75) is 12.8 Å². The molecule has 4 nitrogen and oxygen atoms in total. The number of hydrogen-bond acceptors (Lipinski definition) is 3. The van der Waals surface area contributed by atoms with Gasteiger partial charge < -0.3 is 10.2 Å². The Morgan fingerprint density at radius 2 is 2.13 bits per heavy atom. The van der Waals surface area contributed by atoms with E-state index in [0.29, 0.717) is 13.1 Å². The normalized spacial score (nSPS) is 16.2. The lowest BCUT2D eigenvalue weighted by molar-refractivity contribution is -0.120. The maximum absolute atomic E-state index is 11.2. The molecule has 0 saturated carbocycles. The van der Waals surface area contributed by atoms with E-state index in [2.05, 4.69) is 21.5 Å². The van der Waals surface area contributed by atoms with Gasteiger partial charge in [-0.25, -0.2) is 0 Å². The molecule has 0 radical (unpaired) electrons. The van der Waals surface area contributed by atoms with Crippen LogP contribution in [-0.4, -0.2) is 50.1 Å². The fourth-order valence-corrected chi connectivity index (χ4v) is 1.67. The minimum atomic E-state index is 0.0180. The lowest BCUT2D eigenvalue weighted by Crippen LogP contribution is -2.38. The Morgan fingerprint density at radius 1 is 1.40 bits per heavy atom. The van der Waals surface area contributed by atoms with E-state index in [0.717, 1.165) is 13.1 Å². The third-order valence-corrected chi connectivity index (χ3v) is 2.46. The molecule has 0 unspecified atom stereocenters. The number of amides is 1. The minimum absolute atomic E-state index is 0.0180. The summed E-state index contributed by atoms with van der Waals surface area (Å²) in [5.41, 5.74) is 0. The van der Waals surface area contributed by atoms with Gasteiger partial charge in [-0.3, -0.25) is 10.1 Å². The molecule has 2 N–H and O–H groups in total. The van der Waals surface area contributed by atoms with Crippen molar-refractivity contribution < 1.29 is 4.79 Å². The summed E-state index contributed by atoms with van der Waals surface area (Å²) in [4.78, 5) is 13.6. The van der Waals surface area contributed by atoms with Gasteiger partial charge in [-0.05, 0) is 25.9 Å². The number of nitrogens with one attached hydrogen (secondary N) is 2. The smallest absolute Gasteiger partial charge is 0.234 e. The molecule has 1 amide bonds. The largest absolute Gasteiger partial charge is 0.354 e. The third kappa shape index (κ3) is 5.40. The van der Waals surface area contributed by atoms with Gasteiger partial charge in [0.05, 0.1) is 13.1 Å². The highest BCUT2D eigenvalue weighted by molar-refractivity contribution is 5.77. The molecule has 1 saturated heterocycles. The standard InChI is InChI=1S/C11H19N3O/c1-2-5-12-10-11(15)13-6-9-14-7-3-4-8-14/h1,12H,3-10H2,(H,13,15). The van der Waals surface area contributed by atoms with Crippen LogP contribution < -0.4 is 10.6 Å². The van der Waals surface area contributed by atoms with E-state index in [4.69, 9.17) is 6.42 Å². The second kappa shape index (κ2) is 7.27. The SMILES string of the molecule is C#CCNCC(=O)NCCN1CCCC1. The summed E-state index contributed by atoms with van der Waals surface area (Å²) in [6.45, 7) is 4.79. The van der Waals surface area contributed by atoms with Crippen LogP contribution in [0.2, 0.25) is 0 Å². The van der Waals surface area contributed by atoms with Crippen LogP contribution in [0, 0.1) is 12.3 Å². The van der Waals surface area contributed by atoms with E-state index in [1.165, 1.54) is 25.9 Å². The van der Waals surface area contributed by atoms with Gasteiger partial charge in [-0.2, -0.15) is 0 Å². The fraction of sp³-hybridized carbons (Fsp3) is 0.727. The monoisotopic (exact) mass is 209 g/mol. The van der Waals surface area contributed by atoms with Crippen molar-refractivity contribution in [2.75, 3.05) is 39.3 Å². The zero-order chi connectivity index (χ0) is 10.9. The average Bonchev–Trinajstić information content (AvgIpc) is 2.71. The van der Waals surface area contributed by atoms with E-state index < -0.39 is 0 Å². The Labute approximate surface area is 91.4 Å². The second-order valence-corrected chi connectivity index (χ2v) is 3.71. The van der Waals surface area contributed by atoms with Crippen molar-refractivity contribution in [3.8, 4) is 12.3 Å². The Bertz CT molecular complexity index is 228. The first-order valence-electron chi connectivity index (χ1n) is 5.46. The van der Waals surface area contributed by atoms with E-state index in [9.17, 15) is 4.79 Å². The van der Waals surface area contributed by atoms with Gasteiger partial charge in [-0.15, -0.1) is 6.42 Å². The lowest BCUT2D eigenvalue weighted by atomic mass is 10.4. The predicted molar refractivity (Wildman–Crippen MR) is 60.4 cm³/mol. The van der Waals surface area contributed by atoms with E-state index in [1.54, 1.807) is 0 Å². The molecule has 0 aliphatic carbocycles. The quantitative estimate of drug-likeness (QED) is 0.454. The molecule has 0 atom stereocenters. The number of likely N-dealkylation sites (tertiary alicyclic amines) is 1. The van der Waals surface area contributed by atoms with Gasteiger partial charge in [0, 0.05) is 13.1 Å². The molecule has 4 heteroatoms. The third-order valence-electron chi connectivity index (χ3n) is 2.46. The van der Waals surface area contributed by atoms with Crippen molar-refractivity contribution in [2.24, 2.45) is 0 Å². The van der Waals surface area contributed by atoms with E-state index in [1.807, 2.05) is 0 Å². The molecule has 0 bridgehead atoms. The molecule has 84 valence electrons. The number of terminal acetylenes is 1. The minimum Gasteiger partial charge on any atom is -0.354 e. The molecule has 0 aromatic rings. The van der Waals surface area contributed by atoms with Gasteiger partial charge in [0.1, 0.15) is 0 Å². The second-order valence-electron chi connectivity index (χ2n) is 3.71. The Kier molecular flexibility index (Phi) is 5.83. The fourth-order valence-electron chi connectivity index (χ4n) is 1.67. The average molecular weight is 209 g/mol. The maximum Gasteiger partial charge on any atom is 0.234 e. The highest BCUT2D eigenvalue weighted by Crippen LogP contribution is 2.05. The summed E-state index contributed by atoms with van der Waals surface area (Å²) in [6, 6.07) is 0. The van der Waals surface area contributed by atoms with Crippen molar-refractivity contribution in [3.05, 3.63) is 0 Å². The number of rotatable bonds is 6. The summed E-state index contributed by atoms with van der Waals surface area (Å²) in [5.74, 6) is 2.44. The molecule has 1 aliphatic rings. The number of carbonyl (C=O) groups is 1. The number of carbonyl (C=O) groups excluding carboxylic acids is 1. The first kappa shape index (κ1) is 12.0. The molecular weight excluding hydrogens is 190 g/mol. The molecular formula is C11H19N3O. The Hall–Kier alpha value is -1.05. The summed E-state index contributed by atoms with van der Waals surface area (Å²) in [7, 11) is 0. The molecule has 1 rings (SSSR count). The van der Waals surface area contributed by atoms with Crippen molar-refractivity contribution in [1.82, 2.24) is 15.5 Å². The van der Waals surface area contributed by atoms with Gasteiger partial charge in [-0.1, -0.05) is 5.92 Å². The van der Waals surface area contributed by atoms with Crippen LogP contribution in [0.4, 0.5) is 0 Å². The number of nitrogens with zero attached hydrogens (tertiary/aromatic N) is 1. The molecule has 1 heterocycles. The van der Waals surface area contributed by atoms with Gasteiger partial charge in [0.25, 0.3) is 0 Å². The predicted octanol–water partition coefficient (Wildman–Crippen LogP) is -0.579. The van der Waals surface area contributed by atoms with Crippen molar-refractivity contribution in [3.63, 3.8) is 0 Å². The zero-order valence-electron chi connectivity index (χ0n) is 9.09. The molecule has 1 aliphatic heterocycles. The molecule has 0 spiro atoms. The van der Waals surface area contributed by atoms with Gasteiger partial charge >= 0.3 is 0 Å². The highest BCUT2D eigenvalue weighted by Gasteiger charge is 2.10. The summed E-state index contributed by atoms with van der Waals surface area (Å²) in [5, 5.41) is 5.71. The van der Waals surface area contributed by atoms with Crippen LogP contribution in [0.15, 0.2) is 0 Å². The van der Waals surface area contributed by atoms with Crippen LogP contribution in [0.1, 0.15) is 12.8 Å². The van der Waals surface area contributed by atoms with Crippen LogP contribution in [0.25, 0.3) is 0 Å². The van der Waals surface area contributed by atoms with Crippen LogP contribution >= 0.6 is 0 Å². The molecule has 0 aromatic carbocycles. The maximum atomic E-state index is 11.2. The van der Waals surface area contributed by atoms with E-state index in [-0.39, 0.29) is 5.91 Å². The van der Waals surface area contributed by atoms with Gasteiger partial charge in [0.2, 0.25) is 5.91 Å². The topological polar surface area (TPSA) is 44.4 Å². The van der Waals surface area contributed by atoms with Crippen LogP contribution in [0.5, 0.6) is 0 Å². The summed E-state index contributed by atoms with van der Waals surface area (Å²) < 4.78 is 0. The highest BCUT2D eigenvalue weighted by atomic mass is 16.1. The van der Waals surface area contributed by atoms with Crippen LogP contribution in [-0.2, 0) is 4.79 Å². The van der Waals surface area contributed by atoms with E-state index >= 15 is 0 Å². The number of hydrogen-bond donors (Lipinski definition) is 2. The Balaban J connectivity index is 1.94. The molecule has 15 heavy (non-hydrogen) atoms. The first-order valence-corrected chi connectivity index (χ1v) is 5.46.